The number of amides is 1. The van der Waals surface area contributed by atoms with Gasteiger partial charge in [0.25, 0.3) is 0 Å². The summed E-state index contributed by atoms with van der Waals surface area (Å²) < 4.78 is 5.05. The number of likely N-dealkylation sites (N-methyl/N-ethyl adjacent to an activating group) is 1. The zero-order chi connectivity index (χ0) is 17.1. The average Bonchev–Trinajstić information content (AvgIpc) is 2.55. The Labute approximate surface area is 163 Å². The van der Waals surface area contributed by atoms with Crippen LogP contribution in [-0.2, 0) is 4.74 Å². The van der Waals surface area contributed by atoms with Crippen LogP contribution in [0.15, 0.2) is 4.99 Å². The third-order valence-corrected chi connectivity index (χ3v) is 4.00. The number of guanidine groups is 1. The van der Waals surface area contributed by atoms with Crippen LogP contribution in [0.1, 0.15) is 33.6 Å². The highest BCUT2D eigenvalue weighted by Gasteiger charge is 2.23. The summed E-state index contributed by atoms with van der Waals surface area (Å²) in [5.41, 5.74) is 0. The van der Waals surface area contributed by atoms with Gasteiger partial charge in [-0.2, -0.15) is 0 Å². The second-order valence-corrected chi connectivity index (χ2v) is 5.76. The molecule has 1 aliphatic rings. The first-order valence-corrected chi connectivity index (χ1v) is 8.75. The normalized spacial score (nSPS) is 15.9. The number of nitrogens with zero attached hydrogens (tertiary/aromatic N) is 3. The minimum Gasteiger partial charge on any atom is -0.450 e. The van der Waals surface area contributed by atoms with Gasteiger partial charge >= 0.3 is 6.09 Å². The van der Waals surface area contributed by atoms with Crippen molar-refractivity contribution in [3.63, 3.8) is 0 Å². The van der Waals surface area contributed by atoms with Gasteiger partial charge in [0.15, 0.2) is 5.96 Å². The predicted molar refractivity (Wildman–Crippen MR) is 109 cm³/mol. The van der Waals surface area contributed by atoms with E-state index in [2.05, 4.69) is 41.4 Å². The van der Waals surface area contributed by atoms with Gasteiger partial charge in [0.2, 0.25) is 0 Å². The molecule has 7 nitrogen and oxygen atoms in total. The van der Waals surface area contributed by atoms with E-state index in [1.807, 2.05) is 6.92 Å². The summed E-state index contributed by atoms with van der Waals surface area (Å²) in [6, 6.07) is 0.349. The molecule has 0 atom stereocenters. The van der Waals surface area contributed by atoms with Crippen molar-refractivity contribution in [3.05, 3.63) is 0 Å². The molecule has 1 fully saturated rings. The number of hydrogen-bond donors (Lipinski definition) is 2. The Bertz CT molecular complexity index is 373. The number of carbonyl (C=O) groups excluding carboxylic acids is 1. The summed E-state index contributed by atoms with van der Waals surface area (Å²) in [6.07, 6.45) is 1.63. The van der Waals surface area contributed by atoms with E-state index in [4.69, 9.17) is 4.74 Å². The second-order valence-electron chi connectivity index (χ2n) is 5.76. The molecule has 1 heterocycles. The molecule has 0 aromatic rings. The minimum absolute atomic E-state index is 0. The number of aliphatic imine (C=N–C) groups is 1. The van der Waals surface area contributed by atoms with Gasteiger partial charge in [-0.15, -0.1) is 24.0 Å². The Morgan fingerprint density at radius 2 is 1.96 bits per heavy atom. The molecule has 0 aromatic carbocycles. The molecule has 0 spiro atoms. The number of likely N-dealkylation sites (tertiary alicyclic amines) is 1. The number of carbonyl (C=O) groups is 1. The SMILES string of the molecule is CCNC(=NCCN(C)CC)NC1CCN(C(=O)OCC)CC1.I. The first-order valence-electron chi connectivity index (χ1n) is 8.75. The minimum atomic E-state index is -0.200. The smallest absolute Gasteiger partial charge is 0.409 e. The van der Waals surface area contributed by atoms with Crippen molar-refractivity contribution in [1.82, 2.24) is 20.4 Å². The molecule has 0 aliphatic carbocycles. The predicted octanol–water partition coefficient (Wildman–Crippen LogP) is 1.73. The number of nitrogens with one attached hydrogen (secondary N) is 2. The van der Waals surface area contributed by atoms with Crippen molar-refractivity contribution in [3.8, 4) is 0 Å². The molecule has 1 saturated heterocycles. The third-order valence-electron chi connectivity index (χ3n) is 4.00. The zero-order valence-electron chi connectivity index (χ0n) is 15.5. The van der Waals surface area contributed by atoms with Crippen LogP contribution in [0.3, 0.4) is 0 Å². The number of rotatable bonds is 7. The maximum atomic E-state index is 11.7. The first-order chi connectivity index (χ1) is 11.1. The van der Waals surface area contributed by atoms with E-state index in [-0.39, 0.29) is 30.1 Å². The second kappa shape index (κ2) is 13.5. The van der Waals surface area contributed by atoms with Crippen LogP contribution < -0.4 is 10.6 Å². The molecule has 2 N–H and O–H groups in total. The van der Waals surface area contributed by atoms with E-state index in [0.29, 0.717) is 12.6 Å². The van der Waals surface area contributed by atoms with Gasteiger partial charge in [-0.05, 0) is 40.3 Å². The van der Waals surface area contributed by atoms with Crippen LogP contribution in [-0.4, -0.2) is 80.8 Å². The van der Waals surface area contributed by atoms with E-state index >= 15 is 0 Å². The molecule has 1 amide bonds. The van der Waals surface area contributed by atoms with Crippen LogP contribution in [0.2, 0.25) is 0 Å². The highest BCUT2D eigenvalue weighted by atomic mass is 127. The molecule has 0 unspecified atom stereocenters. The Morgan fingerprint density at radius 3 is 2.50 bits per heavy atom. The fourth-order valence-electron chi connectivity index (χ4n) is 2.43. The van der Waals surface area contributed by atoms with Gasteiger partial charge in [0, 0.05) is 32.2 Å². The van der Waals surface area contributed by atoms with Gasteiger partial charge in [0.05, 0.1) is 13.2 Å². The van der Waals surface area contributed by atoms with E-state index in [1.54, 1.807) is 4.90 Å². The molecular formula is C16H34IN5O2. The molecule has 1 aliphatic heterocycles. The van der Waals surface area contributed by atoms with Crippen LogP contribution >= 0.6 is 24.0 Å². The molecule has 0 bridgehead atoms. The fraction of sp³-hybridized carbons (Fsp3) is 0.875. The standard InChI is InChI=1S/C16H33N5O2.HI/c1-5-17-15(18-10-13-20(4)6-2)19-14-8-11-21(12-9-14)16(22)23-7-3;/h14H,5-13H2,1-4H3,(H2,17,18,19);1H. The number of hydrogen-bond acceptors (Lipinski definition) is 4. The maximum absolute atomic E-state index is 11.7. The highest BCUT2D eigenvalue weighted by Crippen LogP contribution is 2.11. The van der Waals surface area contributed by atoms with E-state index in [1.165, 1.54) is 0 Å². The average molecular weight is 455 g/mol. The van der Waals surface area contributed by atoms with Gasteiger partial charge in [-0.1, -0.05) is 6.92 Å². The van der Waals surface area contributed by atoms with Gasteiger partial charge < -0.3 is 25.2 Å². The maximum Gasteiger partial charge on any atom is 0.409 e. The lowest BCUT2D eigenvalue weighted by atomic mass is 10.1. The van der Waals surface area contributed by atoms with E-state index < -0.39 is 0 Å². The van der Waals surface area contributed by atoms with Crippen molar-refractivity contribution >= 4 is 36.0 Å². The van der Waals surface area contributed by atoms with Crippen LogP contribution in [0.5, 0.6) is 0 Å². The summed E-state index contributed by atoms with van der Waals surface area (Å²) in [4.78, 5) is 20.4. The lowest BCUT2D eigenvalue weighted by Gasteiger charge is -2.32. The van der Waals surface area contributed by atoms with Gasteiger partial charge in [-0.25, -0.2) is 4.79 Å². The summed E-state index contributed by atoms with van der Waals surface area (Å²) in [7, 11) is 2.10. The zero-order valence-corrected chi connectivity index (χ0v) is 17.8. The molecule has 0 saturated carbocycles. The van der Waals surface area contributed by atoms with Crippen molar-refractivity contribution < 1.29 is 9.53 Å². The van der Waals surface area contributed by atoms with Crippen LogP contribution in [0.4, 0.5) is 4.79 Å². The number of ether oxygens (including phenoxy) is 1. The monoisotopic (exact) mass is 455 g/mol. The first kappa shape index (κ1) is 23.2. The van der Waals surface area contributed by atoms with Crippen LogP contribution in [0.25, 0.3) is 0 Å². The lowest BCUT2D eigenvalue weighted by Crippen LogP contribution is -2.50. The van der Waals surface area contributed by atoms with Gasteiger partial charge in [-0.3, -0.25) is 4.99 Å². The van der Waals surface area contributed by atoms with Crippen molar-refractivity contribution in [2.24, 2.45) is 4.99 Å². The summed E-state index contributed by atoms with van der Waals surface area (Å²) in [6.45, 7) is 11.5. The number of piperidine rings is 1. The van der Waals surface area contributed by atoms with Crippen molar-refractivity contribution in [2.45, 2.75) is 39.7 Å². The fourth-order valence-corrected chi connectivity index (χ4v) is 2.43. The molecule has 24 heavy (non-hydrogen) atoms. The Morgan fingerprint density at radius 1 is 1.29 bits per heavy atom. The van der Waals surface area contributed by atoms with Gasteiger partial charge in [0.1, 0.15) is 0 Å². The highest BCUT2D eigenvalue weighted by molar-refractivity contribution is 14.0. The Hall–Kier alpha value is -0.770. The summed E-state index contributed by atoms with van der Waals surface area (Å²) in [5, 5.41) is 6.77. The molecular weight excluding hydrogens is 421 g/mol. The largest absolute Gasteiger partial charge is 0.450 e. The van der Waals surface area contributed by atoms with Crippen LogP contribution in [0, 0.1) is 0 Å². The Kier molecular flexibility index (Phi) is 13.1. The topological polar surface area (TPSA) is 69.2 Å². The van der Waals surface area contributed by atoms with E-state index in [9.17, 15) is 4.79 Å². The molecule has 1 rings (SSSR count). The van der Waals surface area contributed by atoms with Crippen molar-refractivity contribution in [2.75, 3.05) is 52.9 Å². The summed E-state index contributed by atoms with van der Waals surface area (Å²) >= 11 is 0. The summed E-state index contributed by atoms with van der Waals surface area (Å²) in [5.74, 6) is 0.867. The third kappa shape index (κ3) is 8.91. The quantitative estimate of drug-likeness (QED) is 0.348. The van der Waals surface area contributed by atoms with Crippen molar-refractivity contribution in [1.29, 1.82) is 0 Å². The number of halogens is 1. The van der Waals surface area contributed by atoms with E-state index in [0.717, 1.165) is 58.1 Å². The molecule has 8 heteroatoms. The lowest BCUT2D eigenvalue weighted by molar-refractivity contribution is 0.0963. The molecule has 0 radical (unpaired) electrons. The molecule has 142 valence electrons. The molecule has 0 aromatic heterocycles. The Balaban J connectivity index is 0.00000529.